The first-order valence-corrected chi connectivity index (χ1v) is 7.23. The number of hydrogen-bond donors (Lipinski definition) is 1. The fourth-order valence-corrected chi connectivity index (χ4v) is 2.95. The number of nitrogens with one attached hydrogen (secondary N) is 1. The van der Waals surface area contributed by atoms with Crippen molar-refractivity contribution < 1.29 is 14.3 Å². The van der Waals surface area contributed by atoms with Gasteiger partial charge < -0.3 is 14.8 Å². The Bertz CT molecular complexity index is 602. The van der Waals surface area contributed by atoms with E-state index in [1.54, 1.807) is 6.08 Å². The Hall–Kier alpha value is -1.97. The molecule has 0 saturated heterocycles. The Kier molecular flexibility index (Phi) is 2.69. The van der Waals surface area contributed by atoms with Crippen LogP contribution in [0.4, 0.5) is 0 Å². The van der Waals surface area contributed by atoms with Crippen molar-refractivity contribution in [1.29, 1.82) is 0 Å². The highest BCUT2D eigenvalue weighted by atomic mass is 16.7. The number of carbonyl (C=O) groups excluding carboxylic acids is 1. The van der Waals surface area contributed by atoms with E-state index in [1.807, 2.05) is 12.1 Å². The third kappa shape index (κ3) is 1.87. The van der Waals surface area contributed by atoms with Crippen LogP contribution in [0, 0.1) is 5.92 Å². The Morgan fingerprint density at radius 2 is 2.05 bits per heavy atom. The van der Waals surface area contributed by atoms with Gasteiger partial charge in [-0.25, -0.2) is 0 Å². The normalized spacial score (nSPS) is 22.1. The van der Waals surface area contributed by atoms with Gasteiger partial charge in [-0.2, -0.15) is 0 Å². The standard InChI is InChI=1S/C16H17NO3/c18-14(10-2-1-3-10)8-13-12-7-16-15(19-9-20-16)6-11(12)4-5-17-13/h6-8,10,17H,1-5,9H2. The van der Waals surface area contributed by atoms with Crippen LogP contribution in [0.1, 0.15) is 30.4 Å². The van der Waals surface area contributed by atoms with Crippen LogP contribution in [0.25, 0.3) is 5.70 Å². The summed E-state index contributed by atoms with van der Waals surface area (Å²) in [6.07, 6.45) is 5.99. The molecule has 104 valence electrons. The summed E-state index contributed by atoms with van der Waals surface area (Å²) in [5, 5.41) is 3.34. The third-order valence-electron chi connectivity index (χ3n) is 4.39. The van der Waals surface area contributed by atoms with Crippen LogP contribution in [-0.2, 0) is 11.2 Å². The highest BCUT2D eigenvalue weighted by Crippen LogP contribution is 2.38. The smallest absolute Gasteiger partial charge is 0.231 e. The predicted molar refractivity (Wildman–Crippen MR) is 74.6 cm³/mol. The molecule has 1 N–H and O–H groups in total. The van der Waals surface area contributed by atoms with Gasteiger partial charge in [0.1, 0.15) is 0 Å². The van der Waals surface area contributed by atoms with E-state index < -0.39 is 0 Å². The Labute approximate surface area is 117 Å². The molecule has 0 aromatic heterocycles. The minimum absolute atomic E-state index is 0.240. The highest BCUT2D eigenvalue weighted by molar-refractivity contribution is 5.99. The van der Waals surface area contributed by atoms with Crippen LogP contribution in [-0.4, -0.2) is 19.1 Å². The molecule has 2 aliphatic heterocycles. The van der Waals surface area contributed by atoms with E-state index in [4.69, 9.17) is 9.47 Å². The number of benzene rings is 1. The average Bonchev–Trinajstić information content (AvgIpc) is 2.81. The largest absolute Gasteiger partial charge is 0.454 e. The molecule has 0 unspecified atom stereocenters. The van der Waals surface area contributed by atoms with E-state index in [0.29, 0.717) is 0 Å². The molecule has 0 spiro atoms. The quantitative estimate of drug-likeness (QED) is 0.838. The molecule has 4 heteroatoms. The van der Waals surface area contributed by atoms with Crippen molar-refractivity contribution in [2.24, 2.45) is 5.92 Å². The van der Waals surface area contributed by atoms with Gasteiger partial charge in [-0.15, -0.1) is 0 Å². The van der Waals surface area contributed by atoms with Gasteiger partial charge in [0.05, 0.1) is 0 Å². The van der Waals surface area contributed by atoms with Crippen molar-refractivity contribution in [1.82, 2.24) is 5.32 Å². The molecule has 0 amide bonds. The fraction of sp³-hybridized carbons (Fsp3) is 0.438. The van der Waals surface area contributed by atoms with Crippen LogP contribution >= 0.6 is 0 Å². The minimum atomic E-state index is 0.240. The molecule has 3 aliphatic rings. The summed E-state index contributed by atoms with van der Waals surface area (Å²) >= 11 is 0. The van der Waals surface area contributed by atoms with Crippen molar-refractivity contribution in [2.75, 3.05) is 13.3 Å². The summed E-state index contributed by atoms with van der Waals surface area (Å²) < 4.78 is 10.9. The van der Waals surface area contributed by atoms with Crippen molar-refractivity contribution in [3.05, 3.63) is 29.3 Å². The molecule has 0 bridgehead atoms. The number of rotatable bonds is 2. The van der Waals surface area contributed by atoms with Crippen molar-refractivity contribution in [2.45, 2.75) is 25.7 Å². The second kappa shape index (κ2) is 4.54. The lowest BCUT2D eigenvalue weighted by Crippen LogP contribution is -2.26. The monoisotopic (exact) mass is 271 g/mol. The van der Waals surface area contributed by atoms with Crippen LogP contribution in [0.3, 0.4) is 0 Å². The minimum Gasteiger partial charge on any atom is -0.454 e. The Morgan fingerprint density at radius 1 is 1.25 bits per heavy atom. The van der Waals surface area contributed by atoms with Gasteiger partial charge in [0.15, 0.2) is 17.3 Å². The number of ketones is 1. The van der Waals surface area contributed by atoms with Gasteiger partial charge in [0.25, 0.3) is 0 Å². The second-order valence-electron chi connectivity index (χ2n) is 5.63. The van der Waals surface area contributed by atoms with Gasteiger partial charge in [-0.1, -0.05) is 6.42 Å². The Morgan fingerprint density at radius 3 is 2.80 bits per heavy atom. The summed E-state index contributed by atoms with van der Waals surface area (Å²) in [5.74, 6) is 2.08. The average molecular weight is 271 g/mol. The summed E-state index contributed by atoms with van der Waals surface area (Å²) in [7, 11) is 0. The topological polar surface area (TPSA) is 47.6 Å². The van der Waals surface area contributed by atoms with E-state index >= 15 is 0 Å². The zero-order valence-corrected chi connectivity index (χ0v) is 11.3. The first kappa shape index (κ1) is 11.8. The highest BCUT2D eigenvalue weighted by Gasteiger charge is 2.26. The SMILES string of the molecule is O=C(C=C1NCCc2cc3c(cc21)OCO3)C1CCC1. The molecule has 1 aliphatic carbocycles. The van der Waals surface area contributed by atoms with Gasteiger partial charge in [0, 0.05) is 29.8 Å². The van der Waals surface area contributed by atoms with E-state index in [9.17, 15) is 4.79 Å². The van der Waals surface area contributed by atoms with Crippen molar-refractivity contribution in [3.63, 3.8) is 0 Å². The van der Waals surface area contributed by atoms with E-state index in [1.165, 1.54) is 12.0 Å². The molecule has 0 radical (unpaired) electrons. The maximum atomic E-state index is 12.2. The summed E-state index contributed by atoms with van der Waals surface area (Å²) in [5.41, 5.74) is 3.23. The number of carbonyl (C=O) groups is 1. The zero-order chi connectivity index (χ0) is 13.5. The molecule has 4 nitrogen and oxygen atoms in total. The zero-order valence-electron chi connectivity index (χ0n) is 11.3. The molecule has 1 aromatic carbocycles. The van der Waals surface area contributed by atoms with Gasteiger partial charge >= 0.3 is 0 Å². The third-order valence-corrected chi connectivity index (χ3v) is 4.39. The van der Waals surface area contributed by atoms with Crippen molar-refractivity contribution in [3.8, 4) is 11.5 Å². The number of hydrogen-bond acceptors (Lipinski definition) is 4. The lowest BCUT2D eigenvalue weighted by molar-refractivity contribution is -0.120. The molecule has 1 fully saturated rings. The molecule has 1 saturated carbocycles. The lowest BCUT2D eigenvalue weighted by Gasteiger charge is -2.25. The van der Waals surface area contributed by atoms with Crippen LogP contribution in [0.5, 0.6) is 11.5 Å². The van der Waals surface area contributed by atoms with Crippen LogP contribution < -0.4 is 14.8 Å². The van der Waals surface area contributed by atoms with Crippen LogP contribution in [0.2, 0.25) is 0 Å². The van der Waals surface area contributed by atoms with E-state index in [2.05, 4.69) is 5.32 Å². The van der Waals surface area contributed by atoms with Crippen molar-refractivity contribution >= 4 is 11.5 Å². The van der Waals surface area contributed by atoms with Gasteiger partial charge in [-0.05, 0) is 37.0 Å². The Balaban J connectivity index is 1.70. The molecular weight excluding hydrogens is 254 g/mol. The maximum absolute atomic E-state index is 12.2. The summed E-state index contributed by atoms with van der Waals surface area (Å²) in [6.45, 7) is 1.14. The number of allylic oxidation sites excluding steroid dienone is 1. The molecule has 4 rings (SSSR count). The summed E-state index contributed by atoms with van der Waals surface area (Å²) in [6, 6.07) is 4.03. The van der Waals surface area contributed by atoms with Gasteiger partial charge in [0.2, 0.25) is 6.79 Å². The predicted octanol–water partition coefficient (Wildman–Crippen LogP) is 2.27. The van der Waals surface area contributed by atoms with Gasteiger partial charge in [-0.3, -0.25) is 4.79 Å². The maximum Gasteiger partial charge on any atom is 0.231 e. The molecular formula is C16H17NO3. The van der Waals surface area contributed by atoms with E-state index in [0.717, 1.165) is 48.6 Å². The van der Waals surface area contributed by atoms with E-state index in [-0.39, 0.29) is 18.5 Å². The molecule has 2 heterocycles. The van der Waals surface area contributed by atoms with Crippen LogP contribution in [0.15, 0.2) is 18.2 Å². The number of ether oxygens (including phenoxy) is 2. The molecule has 0 atom stereocenters. The molecule has 20 heavy (non-hydrogen) atoms. The fourth-order valence-electron chi connectivity index (χ4n) is 2.95. The lowest BCUT2D eigenvalue weighted by atomic mass is 9.81. The number of fused-ring (bicyclic) bond motifs is 2. The summed E-state index contributed by atoms with van der Waals surface area (Å²) in [4.78, 5) is 12.2. The second-order valence-corrected chi connectivity index (χ2v) is 5.63. The first-order valence-electron chi connectivity index (χ1n) is 7.23. The molecule has 1 aromatic rings. The first-order chi connectivity index (χ1) is 9.81.